The van der Waals surface area contributed by atoms with Crippen LogP contribution in [-0.2, 0) is 0 Å². The van der Waals surface area contributed by atoms with Crippen LogP contribution in [0.25, 0.3) is 28.0 Å². The number of hydrogen-bond donors (Lipinski definition) is 1. The quantitative estimate of drug-likeness (QED) is 0.411. The summed E-state index contributed by atoms with van der Waals surface area (Å²) in [5, 5.41) is 9.16. The molecule has 5 rings (SSSR count). The van der Waals surface area contributed by atoms with E-state index in [1.165, 1.54) is 0 Å². The largest absolute Gasteiger partial charge is 0.338 e. The van der Waals surface area contributed by atoms with E-state index >= 15 is 0 Å². The minimum Gasteiger partial charge on any atom is -0.338 e. The summed E-state index contributed by atoms with van der Waals surface area (Å²) in [6.07, 6.45) is 3.52. The van der Waals surface area contributed by atoms with Crippen molar-refractivity contribution in [2.24, 2.45) is 0 Å². The smallest absolute Gasteiger partial charge is 0.253 e. The van der Waals surface area contributed by atoms with Crippen molar-refractivity contribution in [1.29, 1.82) is 0 Å². The molecule has 0 bridgehead atoms. The number of anilines is 2. The van der Waals surface area contributed by atoms with Crippen LogP contribution in [0.4, 0.5) is 11.5 Å². The molecule has 0 saturated heterocycles. The van der Waals surface area contributed by atoms with Crippen molar-refractivity contribution >= 4 is 34.0 Å². The second-order valence-corrected chi connectivity index (χ2v) is 6.93. The predicted octanol–water partition coefficient (Wildman–Crippen LogP) is 5.88. The SMILES string of the molecule is Clc1ccccc1Nc1nc(-n2cccn2)nc2ccc(-c3ccccc3)cc12. The molecular formula is C23H16ClN5. The molecule has 5 nitrogen and oxygen atoms in total. The zero-order valence-corrected chi connectivity index (χ0v) is 16.1. The van der Waals surface area contributed by atoms with Gasteiger partial charge in [-0.05, 0) is 41.5 Å². The molecule has 5 aromatic rings. The molecule has 1 N–H and O–H groups in total. The lowest BCUT2D eigenvalue weighted by Crippen LogP contribution is -2.05. The van der Waals surface area contributed by atoms with Crippen molar-refractivity contribution in [3.8, 4) is 17.1 Å². The highest BCUT2D eigenvalue weighted by Crippen LogP contribution is 2.31. The molecule has 0 aliphatic heterocycles. The Morgan fingerprint density at radius 3 is 2.41 bits per heavy atom. The van der Waals surface area contributed by atoms with Crippen LogP contribution in [-0.4, -0.2) is 19.7 Å². The van der Waals surface area contributed by atoms with E-state index in [0.29, 0.717) is 16.8 Å². The Bertz CT molecular complexity index is 1280. The highest BCUT2D eigenvalue weighted by atomic mass is 35.5. The van der Waals surface area contributed by atoms with Crippen molar-refractivity contribution < 1.29 is 0 Å². The van der Waals surface area contributed by atoms with E-state index in [0.717, 1.165) is 27.7 Å². The van der Waals surface area contributed by atoms with Crippen LogP contribution in [0.1, 0.15) is 0 Å². The standard InChI is InChI=1S/C23H16ClN5/c24-19-9-4-5-10-21(19)26-22-18-15-17(16-7-2-1-3-8-16)11-12-20(18)27-23(28-22)29-14-6-13-25-29/h1-15H,(H,26,27,28). The van der Waals surface area contributed by atoms with Crippen molar-refractivity contribution in [3.05, 3.63) is 96.3 Å². The van der Waals surface area contributed by atoms with Gasteiger partial charge in [0, 0.05) is 17.8 Å². The van der Waals surface area contributed by atoms with Crippen molar-refractivity contribution in [3.63, 3.8) is 0 Å². The fourth-order valence-electron chi connectivity index (χ4n) is 3.20. The maximum Gasteiger partial charge on any atom is 0.253 e. The molecule has 2 heterocycles. The van der Waals surface area contributed by atoms with Gasteiger partial charge < -0.3 is 5.32 Å². The highest BCUT2D eigenvalue weighted by molar-refractivity contribution is 6.33. The van der Waals surface area contributed by atoms with Gasteiger partial charge in [0.15, 0.2) is 0 Å². The van der Waals surface area contributed by atoms with Crippen LogP contribution in [0.3, 0.4) is 0 Å². The third kappa shape index (κ3) is 3.44. The molecule has 0 fully saturated rings. The minimum absolute atomic E-state index is 0.490. The maximum absolute atomic E-state index is 6.37. The highest BCUT2D eigenvalue weighted by Gasteiger charge is 2.12. The van der Waals surface area contributed by atoms with E-state index in [2.05, 4.69) is 34.7 Å². The summed E-state index contributed by atoms with van der Waals surface area (Å²) in [5.74, 6) is 1.16. The Labute approximate surface area is 172 Å². The molecule has 0 aliphatic carbocycles. The summed E-state index contributed by atoms with van der Waals surface area (Å²) in [4.78, 5) is 9.43. The molecule has 3 aromatic carbocycles. The van der Waals surface area contributed by atoms with Crippen LogP contribution in [0.15, 0.2) is 91.3 Å². The molecule has 2 aromatic heterocycles. The number of halogens is 1. The molecule has 6 heteroatoms. The van der Waals surface area contributed by atoms with Crippen LogP contribution in [0.5, 0.6) is 0 Å². The zero-order valence-electron chi connectivity index (χ0n) is 15.3. The van der Waals surface area contributed by atoms with Crippen LogP contribution < -0.4 is 5.32 Å². The topological polar surface area (TPSA) is 55.6 Å². The third-order valence-corrected chi connectivity index (χ3v) is 4.96. The predicted molar refractivity (Wildman–Crippen MR) is 117 cm³/mol. The van der Waals surface area contributed by atoms with E-state index in [-0.39, 0.29) is 0 Å². The zero-order chi connectivity index (χ0) is 19.6. The Morgan fingerprint density at radius 2 is 1.62 bits per heavy atom. The van der Waals surface area contributed by atoms with Gasteiger partial charge >= 0.3 is 0 Å². The minimum atomic E-state index is 0.490. The van der Waals surface area contributed by atoms with Gasteiger partial charge in [-0.2, -0.15) is 10.1 Å². The molecule has 0 radical (unpaired) electrons. The lowest BCUT2D eigenvalue weighted by molar-refractivity contribution is 0.817. The molecule has 0 unspecified atom stereocenters. The number of hydrogen-bond acceptors (Lipinski definition) is 4. The number of nitrogens with zero attached hydrogens (tertiary/aromatic N) is 4. The lowest BCUT2D eigenvalue weighted by atomic mass is 10.0. The molecule has 0 saturated carbocycles. The summed E-state index contributed by atoms with van der Waals surface area (Å²) in [6.45, 7) is 0. The summed E-state index contributed by atoms with van der Waals surface area (Å²) in [6, 6.07) is 25.8. The van der Waals surface area contributed by atoms with Crippen LogP contribution in [0, 0.1) is 0 Å². The first-order valence-electron chi connectivity index (χ1n) is 9.17. The van der Waals surface area contributed by atoms with Crippen LogP contribution >= 0.6 is 11.6 Å². The second-order valence-electron chi connectivity index (χ2n) is 6.53. The van der Waals surface area contributed by atoms with E-state index < -0.39 is 0 Å². The van der Waals surface area contributed by atoms with E-state index in [1.54, 1.807) is 10.9 Å². The van der Waals surface area contributed by atoms with Gasteiger partial charge in [-0.25, -0.2) is 9.67 Å². The first-order chi connectivity index (χ1) is 14.3. The summed E-state index contributed by atoms with van der Waals surface area (Å²) in [7, 11) is 0. The second kappa shape index (κ2) is 7.37. The molecule has 140 valence electrons. The average molecular weight is 398 g/mol. The molecule has 0 spiro atoms. The molecule has 0 amide bonds. The van der Waals surface area contributed by atoms with E-state index in [4.69, 9.17) is 21.6 Å². The van der Waals surface area contributed by atoms with Gasteiger partial charge in [0.1, 0.15) is 5.82 Å². The van der Waals surface area contributed by atoms with E-state index in [1.807, 2.05) is 60.8 Å². The fraction of sp³-hybridized carbons (Fsp3) is 0. The van der Waals surface area contributed by atoms with Gasteiger partial charge in [0.05, 0.1) is 16.2 Å². The average Bonchev–Trinajstić information content (AvgIpc) is 3.31. The summed E-state index contributed by atoms with van der Waals surface area (Å²) < 4.78 is 1.64. The summed E-state index contributed by atoms with van der Waals surface area (Å²) in [5.41, 5.74) is 3.83. The Balaban J connectivity index is 1.70. The number of benzene rings is 3. The number of aromatic nitrogens is 4. The fourth-order valence-corrected chi connectivity index (χ4v) is 3.38. The Kier molecular flexibility index (Phi) is 4.42. The Morgan fingerprint density at radius 1 is 0.793 bits per heavy atom. The maximum atomic E-state index is 6.37. The monoisotopic (exact) mass is 397 g/mol. The van der Waals surface area contributed by atoms with E-state index in [9.17, 15) is 0 Å². The van der Waals surface area contributed by atoms with Crippen molar-refractivity contribution in [2.75, 3.05) is 5.32 Å². The molecule has 29 heavy (non-hydrogen) atoms. The molecule has 0 atom stereocenters. The third-order valence-electron chi connectivity index (χ3n) is 4.63. The number of fused-ring (bicyclic) bond motifs is 1. The molecular weight excluding hydrogens is 382 g/mol. The van der Waals surface area contributed by atoms with Gasteiger partial charge in [0.25, 0.3) is 5.95 Å². The van der Waals surface area contributed by atoms with Gasteiger partial charge in [0.2, 0.25) is 0 Å². The first kappa shape index (κ1) is 17.4. The van der Waals surface area contributed by atoms with Crippen molar-refractivity contribution in [2.45, 2.75) is 0 Å². The number of rotatable bonds is 4. The molecule has 0 aliphatic rings. The lowest BCUT2D eigenvalue weighted by Gasteiger charge is -2.13. The van der Waals surface area contributed by atoms with Gasteiger partial charge in [-0.1, -0.05) is 60.1 Å². The number of nitrogens with one attached hydrogen (secondary N) is 1. The normalized spacial score (nSPS) is 10.9. The number of para-hydroxylation sites is 1. The van der Waals surface area contributed by atoms with Crippen molar-refractivity contribution in [1.82, 2.24) is 19.7 Å². The summed E-state index contributed by atoms with van der Waals surface area (Å²) >= 11 is 6.37. The van der Waals surface area contributed by atoms with Gasteiger partial charge in [-0.15, -0.1) is 0 Å². The Hall–Kier alpha value is -3.70. The van der Waals surface area contributed by atoms with Crippen LogP contribution in [0.2, 0.25) is 5.02 Å². The van der Waals surface area contributed by atoms with Gasteiger partial charge in [-0.3, -0.25) is 0 Å². The first-order valence-corrected chi connectivity index (χ1v) is 9.54.